The van der Waals surface area contributed by atoms with Crippen LogP contribution in [-0.2, 0) is 11.3 Å². The molecule has 2 heterocycles. The smallest absolute Gasteiger partial charge is 0.355 e. The maximum absolute atomic E-state index is 11.8. The van der Waals surface area contributed by atoms with Gasteiger partial charge in [0.05, 0.1) is 13.1 Å². The molecule has 3 N–H and O–H groups in total. The Kier molecular flexibility index (Phi) is 5.45. The number of hydrogen-bond acceptors (Lipinski definition) is 6. The molecular formula is C12H18N4O3S. The van der Waals surface area contributed by atoms with Gasteiger partial charge in [-0.1, -0.05) is 0 Å². The second kappa shape index (κ2) is 7.32. The van der Waals surface area contributed by atoms with Gasteiger partial charge in [0.25, 0.3) is 0 Å². The summed E-state index contributed by atoms with van der Waals surface area (Å²) in [5.41, 5.74) is 0.0258. The van der Waals surface area contributed by atoms with Crippen molar-refractivity contribution in [1.29, 1.82) is 0 Å². The highest BCUT2D eigenvalue weighted by molar-refractivity contribution is 7.09. The zero-order chi connectivity index (χ0) is 14.4. The number of thiazole rings is 1. The highest BCUT2D eigenvalue weighted by Crippen LogP contribution is 2.09. The average Bonchev–Trinajstić information content (AvgIpc) is 2.75. The van der Waals surface area contributed by atoms with Crippen LogP contribution in [0.15, 0.2) is 5.38 Å². The topological polar surface area (TPSA) is 94.6 Å². The molecule has 0 spiro atoms. The van der Waals surface area contributed by atoms with Gasteiger partial charge in [-0.15, -0.1) is 11.3 Å². The molecule has 0 aliphatic carbocycles. The van der Waals surface area contributed by atoms with Crippen molar-refractivity contribution < 1.29 is 14.7 Å². The molecule has 1 aromatic rings. The zero-order valence-corrected chi connectivity index (χ0v) is 11.9. The summed E-state index contributed by atoms with van der Waals surface area (Å²) in [6, 6.07) is 0. The number of nitrogens with one attached hydrogen (secondary N) is 2. The van der Waals surface area contributed by atoms with Gasteiger partial charge in [0.15, 0.2) is 5.69 Å². The van der Waals surface area contributed by atoms with Gasteiger partial charge in [-0.05, 0) is 19.5 Å². The molecule has 7 nitrogen and oxygen atoms in total. The van der Waals surface area contributed by atoms with E-state index in [1.165, 1.54) is 16.7 Å². The Hall–Kier alpha value is -1.51. The van der Waals surface area contributed by atoms with E-state index >= 15 is 0 Å². The van der Waals surface area contributed by atoms with Crippen LogP contribution in [-0.4, -0.2) is 59.6 Å². The number of carbonyl (C=O) groups is 2. The van der Waals surface area contributed by atoms with Crippen molar-refractivity contribution in [3.63, 3.8) is 0 Å². The predicted octanol–water partition coefficient (Wildman–Crippen LogP) is -0.247. The lowest BCUT2D eigenvalue weighted by Gasteiger charge is -2.18. The van der Waals surface area contributed by atoms with Crippen molar-refractivity contribution in [3.05, 3.63) is 16.1 Å². The number of carboxylic acid groups (broad SMARTS) is 1. The van der Waals surface area contributed by atoms with Gasteiger partial charge < -0.3 is 15.7 Å². The van der Waals surface area contributed by atoms with Crippen molar-refractivity contribution in [1.82, 2.24) is 20.5 Å². The van der Waals surface area contributed by atoms with Crippen LogP contribution in [0.3, 0.4) is 0 Å². The first-order valence-electron chi connectivity index (χ1n) is 6.52. The largest absolute Gasteiger partial charge is 0.476 e. The van der Waals surface area contributed by atoms with E-state index < -0.39 is 5.97 Å². The molecule has 20 heavy (non-hydrogen) atoms. The molecule has 1 aromatic heterocycles. The van der Waals surface area contributed by atoms with Crippen LogP contribution < -0.4 is 10.6 Å². The first-order valence-corrected chi connectivity index (χ1v) is 7.40. The van der Waals surface area contributed by atoms with Crippen LogP contribution in [0.25, 0.3) is 0 Å². The number of aromatic nitrogens is 1. The van der Waals surface area contributed by atoms with Crippen molar-refractivity contribution in [2.24, 2.45) is 0 Å². The summed E-state index contributed by atoms with van der Waals surface area (Å²) in [5.74, 6) is -1.10. The summed E-state index contributed by atoms with van der Waals surface area (Å²) in [7, 11) is 0. The standard InChI is InChI=1S/C12H18N4O3S/c17-10(7-16-4-1-2-13-3-5-16)14-6-11-15-9(8-20-11)12(18)19/h8,13H,1-7H2,(H,14,17)(H,18,19). The number of aromatic carboxylic acids is 1. The van der Waals surface area contributed by atoms with Gasteiger partial charge in [-0.3, -0.25) is 9.69 Å². The van der Waals surface area contributed by atoms with Crippen LogP contribution in [0.4, 0.5) is 0 Å². The molecule has 1 amide bonds. The molecule has 1 fully saturated rings. The Labute approximate surface area is 121 Å². The van der Waals surface area contributed by atoms with Crippen LogP contribution in [0.2, 0.25) is 0 Å². The SMILES string of the molecule is O=C(CN1CCCNCC1)NCc1nc(C(=O)O)cs1. The van der Waals surface area contributed by atoms with Crippen molar-refractivity contribution in [2.75, 3.05) is 32.7 Å². The lowest BCUT2D eigenvalue weighted by atomic mass is 10.4. The Bertz CT molecular complexity index is 469. The first-order chi connectivity index (χ1) is 9.65. The van der Waals surface area contributed by atoms with E-state index in [1.54, 1.807) is 0 Å². The summed E-state index contributed by atoms with van der Waals surface area (Å²) >= 11 is 1.24. The molecule has 0 unspecified atom stereocenters. The van der Waals surface area contributed by atoms with E-state index in [9.17, 15) is 9.59 Å². The fraction of sp³-hybridized carbons (Fsp3) is 0.583. The second-order valence-corrected chi connectivity index (χ2v) is 5.53. The molecule has 8 heteroatoms. The summed E-state index contributed by atoms with van der Waals surface area (Å²) in [5, 5.41) is 16.9. The number of hydrogen-bond donors (Lipinski definition) is 3. The number of carboxylic acids is 1. The van der Waals surface area contributed by atoms with E-state index in [-0.39, 0.29) is 18.1 Å². The van der Waals surface area contributed by atoms with E-state index in [2.05, 4.69) is 20.5 Å². The van der Waals surface area contributed by atoms with Gasteiger partial charge in [-0.2, -0.15) is 0 Å². The molecule has 0 bridgehead atoms. The number of amides is 1. The van der Waals surface area contributed by atoms with E-state index in [0.29, 0.717) is 11.6 Å². The van der Waals surface area contributed by atoms with Gasteiger partial charge in [-0.25, -0.2) is 9.78 Å². The molecule has 0 aromatic carbocycles. The Morgan fingerprint density at radius 1 is 1.45 bits per heavy atom. The van der Waals surface area contributed by atoms with Gasteiger partial charge in [0.2, 0.25) is 5.91 Å². The minimum atomic E-state index is -1.05. The molecule has 2 rings (SSSR count). The van der Waals surface area contributed by atoms with E-state index in [4.69, 9.17) is 5.11 Å². The number of rotatable bonds is 5. The highest BCUT2D eigenvalue weighted by Gasteiger charge is 2.13. The summed E-state index contributed by atoms with van der Waals surface area (Å²) in [6.07, 6.45) is 1.04. The van der Waals surface area contributed by atoms with Gasteiger partial charge in [0, 0.05) is 18.5 Å². The minimum absolute atomic E-state index is 0.0258. The summed E-state index contributed by atoms with van der Waals surface area (Å²) in [4.78, 5) is 28.6. The monoisotopic (exact) mass is 298 g/mol. The molecule has 1 aliphatic heterocycles. The van der Waals surface area contributed by atoms with Crippen molar-refractivity contribution in [2.45, 2.75) is 13.0 Å². The van der Waals surface area contributed by atoms with Crippen LogP contribution in [0, 0.1) is 0 Å². The number of carbonyl (C=O) groups excluding carboxylic acids is 1. The van der Waals surface area contributed by atoms with Crippen LogP contribution in [0.1, 0.15) is 21.9 Å². The lowest BCUT2D eigenvalue weighted by Crippen LogP contribution is -2.38. The Morgan fingerprint density at radius 3 is 3.05 bits per heavy atom. The van der Waals surface area contributed by atoms with Gasteiger partial charge >= 0.3 is 5.97 Å². The third-order valence-corrected chi connectivity index (χ3v) is 3.86. The first kappa shape index (κ1) is 14.9. The maximum Gasteiger partial charge on any atom is 0.355 e. The Balaban J connectivity index is 1.74. The number of nitrogens with zero attached hydrogens (tertiary/aromatic N) is 2. The summed E-state index contributed by atoms with van der Waals surface area (Å²) in [6.45, 7) is 4.34. The predicted molar refractivity (Wildman–Crippen MR) is 74.8 cm³/mol. The molecular weight excluding hydrogens is 280 g/mol. The molecule has 110 valence electrons. The molecule has 0 atom stereocenters. The summed E-state index contributed by atoms with van der Waals surface area (Å²) < 4.78 is 0. The third kappa shape index (κ3) is 4.55. The van der Waals surface area contributed by atoms with Crippen molar-refractivity contribution >= 4 is 23.2 Å². The molecule has 1 aliphatic rings. The lowest BCUT2D eigenvalue weighted by molar-refractivity contribution is -0.122. The van der Waals surface area contributed by atoms with E-state index in [0.717, 1.165) is 32.6 Å². The third-order valence-electron chi connectivity index (χ3n) is 3.01. The van der Waals surface area contributed by atoms with Crippen LogP contribution in [0.5, 0.6) is 0 Å². The average molecular weight is 298 g/mol. The van der Waals surface area contributed by atoms with Crippen LogP contribution >= 0.6 is 11.3 Å². The Morgan fingerprint density at radius 2 is 2.30 bits per heavy atom. The highest BCUT2D eigenvalue weighted by atomic mass is 32.1. The molecule has 0 radical (unpaired) electrons. The molecule has 0 saturated carbocycles. The second-order valence-electron chi connectivity index (χ2n) is 4.59. The normalized spacial score (nSPS) is 16.6. The van der Waals surface area contributed by atoms with E-state index in [1.807, 2.05) is 0 Å². The molecule has 1 saturated heterocycles. The van der Waals surface area contributed by atoms with Crippen molar-refractivity contribution in [3.8, 4) is 0 Å². The fourth-order valence-corrected chi connectivity index (χ4v) is 2.69. The quantitative estimate of drug-likeness (QED) is 0.694. The fourth-order valence-electron chi connectivity index (χ4n) is 1.98. The maximum atomic E-state index is 11.8. The minimum Gasteiger partial charge on any atom is -0.476 e. The van der Waals surface area contributed by atoms with Gasteiger partial charge in [0.1, 0.15) is 5.01 Å². The zero-order valence-electron chi connectivity index (χ0n) is 11.1.